The first kappa shape index (κ1) is 23.1. The van der Waals surface area contributed by atoms with Crippen molar-refractivity contribution in [1.82, 2.24) is 0 Å². The fourth-order valence-electron chi connectivity index (χ4n) is 3.40. The lowest BCUT2D eigenvalue weighted by atomic mass is 10.1. The van der Waals surface area contributed by atoms with Crippen LogP contribution in [0.2, 0.25) is 0 Å². The van der Waals surface area contributed by atoms with Gasteiger partial charge in [-0.25, -0.2) is 0 Å². The standard InChI is InChI=1S/C25H25N3O3S2/c1-4-17(3)32-20-13-14-22(16(2)15-20)27-25(29)18-9-11-19(12-10-18)26-24-21-7-5-6-8-23(21)33(30,31)28-24/h5-15,17H,4H2,1-3H3,(H,26,28)(H,27,29). The minimum absolute atomic E-state index is 0.187. The number of hydrogen-bond acceptors (Lipinski definition) is 5. The third kappa shape index (κ3) is 5.12. The van der Waals surface area contributed by atoms with Crippen LogP contribution >= 0.6 is 11.8 Å². The van der Waals surface area contributed by atoms with Crippen LogP contribution in [0.3, 0.4) is 0 Å². The molecular weight excluding hydrogens is 454 g/mol. The van der Waals surface area contributed by atoms with Gasteiger partial charge in [0.05, 0.1) is 0 Å². The minimum atomic E-state index is -3.69. The molecule has 170 valence electrons. The van der Waals surface area contributed by atoms with E-state index in [4.69, 9.17) is 0 Å². The summed E-state index contributed by atoms with van der Waals surface area (Å²) in [5, 5.41) is 6.55. The van der Waals surface area contributed by atoms with Gasteiger partial charge in [0.25, 0.3) is 15.9 Å². The molecule has 0 bridgehead atoms. The Morgan fingerprint density at radius 2 is 1.79 bits per heavy atom. The minimum Gasteiger partial charge on any atom is -0.339 e. The summed E-state index contributed by atoms with van der Waals surface area (Å²) < 4.78 is 28.2. The average molecular weight is 480 g/mol. The third-order valence-corrected chi connectivity index (χ3v) is 8.00. The monoisotopic (exact) mass is 479 g/mol. The number of nitrogens with one attached hydrogen (secondary N) is 2. The number of amides is 1. The molecule has 0 aromatic heterocycles. The van der Waals surface area contributed by atoms with Crippen LogP contribution in [0.5, 0.6) is 0 Å². The number of amidine groups is 1. The zero-order valence-electron chi connectivity index (χ0n) is 18.6. The van der Waals surface area contributed by atoms with Crippen molar-refractivity contribution >= 4 is 44.9 Å². The Labute approximate surface area is 198 Å². The fourth-order valence-corrected chi connectivity index (χ4v) is 5.60. The zero-order valence-corrected chi connectivity index (χ0v) is 20.3. The summed E-state index contributed by atoms with van der Waals surface area (Å²) in [7, 11) is -3.69. The molecule has 0 spiro atoms. The fraction of sp³-hybridized carbons (Fsp3) is 0.200. The number of fused-ring (bicyclic) bond motifs is 1. The zero-order chi connectivity index (χ0) is 23.6. The lowest BCUT2D eigenvalue weighted by Crippen LogP contribution is -2.14. The van der Waals surface area contributed by atoms with Crippen LogP contribution in [0.4, 0.5) is 11.4 Å². The van der Waals surface area contributed by atoms with Gasteiger partial charge in [-0.1, -0.05) is 26.0 Å². The van der Waals surface area contributed by atoms with E-state index < -0.39 is 10.0 Å². The predicted molar refractivity (Wildman–Crippen MR) is 135 cm³/mol. The first-order chi connectivity index (χ1) is 15.8. The van der Waals surface area contributed by atoms with Gasteiger partial charge in [0.2, 0.25) is 0 Å². The number of benzene rings is 3. The number of thioether (sulfide) groups is 1. The van der Waals surface area contributed by atoms with Crippen molar-refractivity contribution in [1.29, 1.82) is 0 Å². The molecule has 3 aromatic rings. The van der Waals surface area contributed by atoms with Gasteiger partial charge in [0.1, 0.15) is 4.90 Å². The number of hydrogen-bond donors (Lipinski definition) is 2. The smallest absolute Gasteiger partial charge is 0.285 e. The summed E-state index contributed by atoms with van der Waals surface area (Å²) in [6.07, 6.45) is 1.10. The van der Waals surface area contributed by atoms with Crippen molar-refractivity contribution in [3.63, 3.8) is 0 Å². The number of sulfonamides is 1. The molecule has 1 amide bonds. The van der Waals surface area contributed by atoms with E-state index in [9.17, 15) is 13.2 Å². The Morgan fingerprint density at radius 1 is 1.06 bits per heavy atom. The van der Waals surface area contributed by atoms with E-state index >= 15 is 0 Å². The highest BCUT2D eigenvalue weighted by atomic mass is 32.2. The molecule has 8 heteroatoms. The molecule has 1 aliphatic heterocycles. The highest BCUT2D eigenvalue weighted by molar-refractivity contribution is 8.00. The Hall–Kier alpha value is -3.10. The Kier molecular flexibility index (Phi) is 6.58. The molecule has 1 atom stereocenters. The molecular formula is C25H25N3O3S2. The summed E-state index contributed by atoms with van der Waals surface area (Å²) in [6.45, 7) is 6.35. The summed E-state index contributed by atoms with van der Waals surface area (Å²) >= 11 is 1.82. The topological polar surface area (TPSA) is 87.6 Å². The highest BCUT2D eigenvalue weighted by Crippen LogP contribution is 2.29. The van der Waals surface area contributed by atoms with E-state index in [2.05, 4.69) is 34.9 Å². The molecule has 1 heterocycles. The van der Waals surface area contributed by atoms with Crippen molar-refractivity contribution in [3.8, 4) is 0 Å². The van der Waals surface area contributed by atoms with Crippen LogP contribution in [-0.4, -0.2) is 25.4 Å². The molecule has 4 rings (SSSR count). The van der Waals surface area contributed by atoms with Crippen LogP contribution in [0, 0.1) is 6.92 Å². The molecule has 2 N–H and O–H groups in total. The number of aryl methyl sites for hydroxylation is 1. The van der Waals surface area contributed by atoms with Crippen LogP contribution in [0.1, 0.15) is 41.8 Å². The van der Waals surface area contributed by atoms with Crippen LogP contribution in [0.25, 0.3) is 0 Å². The lowest BCUT2D eigenvalue weighted by molar-refractivity contribution is 0.102. The molecule has 33 heavy (non-hydrogen) atoms. The van der Waals surface area contributed by atoms with Gasteiger partial charge in [-0.15, -0.1) is 16.2 Å². The van der Waals surface area contributed by atoms with Gasteiger partial charge < -0.3 is 10.6 Å². The van der Waals surface area contributed by atoms with Gasteiger partial charge in [-0.3, -0.25) is 4.79 Å². The summed E-state index contributed by atoms with van der Waals surface area (Å²) in [6, 6.07) is 19.6. The molecule has 3 aromatic carbocycles. The second kappa shape index (κ2) is 9.41. The Morgan fingerprint density at radius 3 is 2.48 bits per heavy atom. The molecule has 6 nitrogen and oxygen atoms in total. The maximum Gasteiger partial charge on any atom is 0.285 e. The summed E-state index contributed by atoms with van der Waals surface area (Å²) in [4.78, 5) is 14.1. The van der Waals surface area contributed by atoms with Crippen LogP contribution in [0.15, 0.2) is 80.9 Å². The maximum absolute atomic E-state index is 12.7. The van der Waals surface area contributed by atoms with Gasteiger partial charge in [0.15, 0.2) is 5.84 Å². The summed E-state index contributed by atoms with van der Waals surface area (Å²) in [5.41, 5.74) is 3.45. The molecule has 0 fully saturated rings. The first-order valence-corrected chi connectivity index (χ1v) is 13.0. The number of nitrogens with zero attached hydrogens (tertiary/aromatic N) is 1. The number of carbonyl (C=O) groups excluding carboxylic acids is 1. The highest BCUT2D eigenvalue weighted by Gasteiger charge is 2.28. The summed E-state index contributed by atoms with van der Waals surface area (Å²) in [5.74, 6) is 0.0619. The third-order valence-electron chi connectivity index (χ3n) is 5.40. The van der Waals surface area contributed by atoms with Crippen molar-refractivity contribution in [2.45, 2.75) is 42.2 Å². The molecule has 0 aliphatic carbocycles. The Bertz CT molecular complexity index is 1330. The molecule has 0 saturated carbocycles. The molecule has 0 saturated heterocycles. The van der Waals surface area contributed by atoms with E-state index in [1.54, 1.807) is 42.5 Å². The Balaban J connectivity index is 1.44. The van der Waals surface area contributed by atoms with Crippen molar-refractivity contribution in [2.75, 3.05) is 10.6 Å². The van der Waals surface area contributed by atoms with Crippen molar-refractivity contribution < 1.29 is 13.2 Å². The average Bonchev–Trinajstić information content (AvgIpc) is 3.06. The van der Waals surface area contributed by atoms with Gasteiger partial charge >= 0.3 is 0 Å². The van der Waals surface area contributed by atoms with Gasteiger partial charge in [0, 0.05) is 32.6 Å². The van der Waals surface area contributed by atoms with E-state index in [0.29, 0.717) is 22.1 Å². The second-order valence-electron chi connectivity index (χ2n) is 7.88. The van der Waals surface area contributed by atoms with Crippen molar-refractivity contribution in [2.24, 2.45) is 4.40 Å². The molecule has 1 unspecified atom stereocenters. The van der Waals surface area contributed by atoms with Gasteiger partial charge in [-0.2, -0.15) is 8.42 Å². The molecule has 0 radical (unpaired) electrons. The van der Waals surface area contributed by atoms with E-state index in [1.165, 1.54) is 11.0 Å². The number of anilines is 2. The normalized spacial score (nSPS) is 14.8. The largest absolute Gasteiger partial charge is 0.339 e. The predicted octanol–water partition coefficient (Wildman–Crippen LogP) is 5.70. The van der Waals surface area contributed by atoms with Gasteiger partial charge in [-0.05, 0) is 73.5 Å². The second-order valence-corrected chi connectivity index (χ2v) is 11.0. The first-order valence-electron chi connectivity index (χ1n) is 10.7. The van der Waals surface area contributed by atoms with Crippen LogP contribution < -0.4 is 10.6 Å². The lowest BCUT2D eigenvalue weighted by Gasteiger charge is -2.13. The van der Waals surface area contributed by atoms with Crippen LogP contribution in [-0.2, 0) is 10.0 Å². The van der Waals surface area contributed by atoms with Crippen molar-refractivity contribution in [3.05, 3.63) is 83.4 Å². The molecule has 1 aliphatic rings. The number of rotatable bonds is 6. The van der Waals surface area contributed by atoms with E-state index in [-0.39, 0.29) is 16.6 Å². The quantitative estimate of drug-likeness (QED) is 0.443. The van der Waals surface area contributed by atoms with E-state index in [0.717, 1.165) is 17.7 Å². The number of carbonyl (C=O) groups is 1. The maximum atomic E-state index is 12.7. The SMILES string of the molecule is CCC(C)Sc1ccc(NC(=O)c2ccc(NC3=NS(=O)(=O)c4ccccc43)cc2)c(C)c1. The van der Waals surface area contributed by atoms with E-state index in [1.807, 2.05) is 30.8 Å².